The highest BCUT2D eigenvalue weighted by Crippen LogP contribution is 2.32. The van der Waals surface area contributed by atoms with Crippen LogP contribution in [-0.2, 0) is 19.3 Å². The molecular formula is C19H19FN2OS2. The Morgan fingerprint density at radius 1 is 1.28 bits per heavy atom. The van der Waals surface area contributed by atoms with Crippen LogP contribution in [0.3, 0.4) is 0 Å². The number of carbonyl (C=O) groups excluding carboxylic acids is 1. The van der Waals surface area contributed by atoms with Gasteiger partial charge in [-0.15, -0.1) is 22.7 Å². The van der Waals surface area contributed by atoms with Crippen LogP contribution in [0.1, 0.15) is 43.7 Å². The van der Waals surface area contributed by atoms with Gasteiger partial charge in [-0.1, -0.05) is 6.07 Å². The lowest BCUT2D eigenvalue weighted by Gasteiger charge is -2.06. The summed E-state index contributed by atoms with van der Waals surface area (Å²) in [6, 6.07) is 4.97. The first-order valence-corrected chi connectivity index (χ1v) is 10.2. The van der Waals surface area contributed by atoms with Gasteiger partial charge in [0.1, 0.15) is 5.82 Å². The number of hydrogen-bond acceptors (Lipinski definition) is 4. The molecule has 3 nitrogen and oxygen atoms in total. The van der Waals surface area contributed by atoms with Crippen LogP contribution in [0, 0.1) is 12.7 Å². The topological polar surface area (TPSA) is 42.0 Å². The average Bonchev–Trinajstić information content (AvgIpc) is 3.16. The molecule has 1 amide bonds. The smallest absolute Gasteiger partial charge is 0.261 e. The molecule has 4 rings (SSSR count). The van der Waals surface area contributed by atoms with Crippen LogP contribution in [0.4, 0.5) is 4.39 Å². The number of nitrogens with one attached hydrogen (secondary N) is 1. The van der Waals surface area contributed by atoms with Crippen molar-refractivity contribution in [3.63, 3.8) is 0 Å². The standard InChI is InChI=1S/C19H19FN2OS2/c1-11-17-12(20)5-4-8-15(17)25-18(11)19(23)21-10-9-16-22-13-6-2-3-7-14(13)24-16/h4-5,8H,2-3,6-7,9-10H2,1H3,(H,21,23). The Morgan fingerprint density at radius 3 is 2.92 bits per heavy atom. The Balaban J connectivity index is 1.43. The van der Waals surface area contributed by atoms with E-state index in [0.29, 0.717) is 16.8 Å². The highest BCUT2D eigenvalue weighted by molar-refractivity contribution is 7.21. The lowest BCUT2D eigenvalue weighted by molar-refractivity contribution is 0.0957. The van der Waals surface area contributed by atoms with Gasteiger partial charge < -0.3 is 5.32 Å². The number of thiophene rings is 1. The van der Waals surface area contributed by atoms with E-state index in [-0.39, 0.29) is 11.7 Å². The summed E-state index contributed by atoms with van der Waals surface area (Å²) in [6.07, 6.45) is 5.47. The zero-order valence-electron chi connectivity index (χ0n) is 14.0. The summed E-state index contributed by atoms with van der Waals surface area (Å²) in [5.41, 5.74) is 1.98. The Hall–Kier alpha value is -1.79. The van der Waals surface area contributed by atoms with Crippen molar-refractivity contribution in [1.29, 1.82) is 0 Å². The maximum absolute atomic E-state index is 14.0. The van der Waals surface area contributed by atoms with Crippen LogP contribution in [0.5, 0.6) is 0 Å². The first-order valence-electron chi connectivity index (χ1n) is 8.57. The van der Waals surface area contributed by atoms with Gasteiger partial charge in [-0.2, -0.15) is 0 Å². The predicted molar refractivity (Wildman–Crippen MR) is 101 cm³/mol. The normalized spacial score (nSPS) is 13.8. The molecule has 0 fully saturated rings. The summed E-state index contributed by atoms with van der Waals surface area (Å²) >= 11 is 3.13. The minimum Gasteiger partial charge on any atom is -0.351 e. The molecule has 0 bridgehead atoms. The number of fused-ring (bicyclic) bond motifs is 2. The molecule has 1 aromatic carbocycles. The van der Waals surface area contributed by atoms with Gasteiger partial charge in [0.25, 0.3) is 5.91 Å². The number of rotatable bonds is 4. The van der Waals surface area contributed by atoms with Crippen LogP contribution >= 0.6 is 22.7 Å². The molecule has 0 unspecified atom stereocenters. The van der Waals surface area contributed by atoms with E-state index in [9.17, 15) is 9.18 Å². The molecule has 6 heteroatoms. The highest BCUT2D eigenvalue weighted by Gasteiger charge is 2.18. The van der Waals surface area contributed by atoms with Gasteiger partial charge in [0.2, 0.25) is 0 Å². The van der Waals surface area contributed by atoms with E-state index in [4.69, 9.17) is 4.98 Å². The molecule has 0 saturated heterocycles. The number of halogens is 1. The van der Waals surface area contributed by atoms with Gasteiger partial charge in [0.05, 0.1) is 15.6 Å². The Labute approximate surface area is 153 Å². The van der Waals surface area contributed by atoms with Crippen molar-refractivity contribution in [2.24, 2.45) is 0 Å². The number of aryl methyl sites for hydroxylation is 3. The molecular weight excluding hydrogens is 355 g/mol. The summed E-state index contributed by atoms with van der Waals surface area (Å²) in [6.45, 7) is 2.37. The fraction of sp³-hybridized carbons (Fsp3) is 0.368. The number of carbonyl (C=O) groups is 1. The van der Waals surface area contributed by atoms with Crippen LogP contribution in [0.15, 0.2) is 18.2 Å². The third-order valence-corrected chi connectivity index (χ3v) is 7.10. The highest BCUT2D eigenvalue weighted by atomic mass is 32.1. The first kappa shape index (κ1) is 16.7. The van der Waals surface area contributed by atoms with Crippen LogP contribution in [0.2, 0.25) is 0 Å². The zero-order chi connectivity index (χ0) is 17.4. The molecule has 3 aromatic rings. The molecule has 1 N–H and O–H groups in total. The minimum atomic E-state index is -0.265. The molecule has 1 aliphatic rings. The molecule has 2 aromatic heterocycles. The molecule has 0 spiro atoms. The van der Waals surface area contributed by atoms with Gasteiger partial charge >= 0.3 is 0 Å². The monoisotopic (exact) mass is 374 g/mol. The second-order valence-electron chi connectivity index (χ2n) is 6.36. The van der Waals surface area contributed by atoms with Gasteiger partial charge in [0.15, 0.2) is 0 Å². The van der Waals surface area contributed by atoms with Crippen molar-refractivity contribution >= 4 is 38.7 Å². The van der Waals surface area contributed by atoms with Gasteiger partial charge in [0, 0.05) is 27.9 Å². The van der Waals surface area contributed by atoms with Crippen molar-refractivity contribution in [2.45, 2.75) is 39.0 Å². The molecule has 0 saturated carbocycles. The fourth-order valence-electron chi connectivity index (χ4n) is 3.35. The quantitative estimate of drug-likeness (QED) is 0.722. The molecule has 25 heavy (non-hydrogen) atoms. The maximum Gasteiger partial charge on any atom is 0.261 e. The predicted octanol–water partition coefficient (Wildman–Crippen LogP) is 4.66. The van der Waals surface area contributed by atoms with Crippen molar-refractivity contribution in [3.05, 3.63) is 50.0 Å². The number of nitrogens with zero attached hydrogens (tertiary/aromatic N) is 1. The summed E-state index contributed by atoms with van der Waals surface area (Å²) in [5.74, 6) is -0.391. The van der Waals surface area contributed by atoms with E-state index in [1.807, 2.05) is 13.0 Å². The third kappa shape index (κ3) is 3.20. The molecule has 1 aliphatic carbocycles. The Bertz CT molecular complexity index is 921. The first-order chi connectivity index (χ1) is 12.1. The molecule has 130 valence electrons. The zero-order valence-corrected chi connectivity index (χ0v) is 15.7. The Morgan fingerprint density at radius 2 is 2.12 bits per heavy atom. The van der Waals surface area contributed by atoms with Crippen molar-refractivity contribution in [3.8, 4) is 0 Å². The average molecular weight is 375 g/mol. The van der Waals surface area contributed by atoms with Gasteiger partial charge in [-0.05, 0) is 50.3 Å². The molecule has 0 atom stereocenters. The lowest BCUT2D eigenvalue weighted by atomic mass is 10.0. The lowest BCUT2D eigenvalue weighted by Crippen LogP contribution is -2.25. The minimum absolute atomic E-state index is 0.126. The van der Waals surface area contributed by atoms with Crippen LogP contribution < -0.4 is 5.32 Å². The molecule has 0 aliphatic heterocycles. The fourth-order valence-corrected chi connectivity index (χ4v) is 5.64. The van der Waals surface area contributed by atoms with Crippen LogP contribution in [0.25, 0.3) is 10.1 Å². The SMILES string of the molecule is Cc1c(C(=O)NCCc2nc3c(s2)CCCC3)sc2cccc(F)c12. The van der Waals surface area contributed by atoms with E-state index in [1.54, 1.807) is 17.4 Å². The largest absolute Gasteiger partial charge is 0.351 e. The summed E-state index contributed by atoms with van der Waals surface area (Å²) in [5, 5.41) is 4.63. The van der Waals surface area contributed by atoms with E-state index >= 15 is 0 Å². The van der Waals surface area contributed by atoms with E-state index in [2.05, 4.69) is 5.32 Å². The van der Waals surface area contributed by atoms with Crippen LogP contribution in [-0.4, -0.2) is 17.4 Å². The molecule has 0 radical (unpaired) electrons. The Kier molecular flexibility index (Phi) is 4.56. The number of thiazole rings is 1. The second kappa shape index (κ2) is 6.84. The van der Waals surface area contributed by atoms with Crippen molar-refractivity contribution in [2.75, 3.05) is 6.54 Å². The second-order valence-corrected chi connectivity index (χ2v) is 8.58. The number of benzene rings is 1. The number of aromatic nitrogens is 1. The van der Waals surface area contributed by atoms with Crippen molar-refractivity contribution < 1.29 is 9.18 Å². The van der Waals surface area contributed by atoms with Crippen molar-refractivity contribution in [1.82, 2.24) is 10.3 Å². The van der Waals surface area contributed by atoms with E-state index < -0.39 is 0 Å². The summed E-state index contributed by atoms with van der Waals surface area (Å²) in [4.78, 5) is 19.2. The van der Waals surface area contributed by atoms with E-state index in [1.165, 1.54) is 40.8 Å². The molecule has 2 heterocycles. The van der Waals surface area contributed by atoms with E-state index in [0.717, 1.165) is 34.5 Å². The van der Waals surface area contributed by atoms with Gasteiger partial charge in [-0.3, -0.25) is 4.79 Å². The number of amides is 1. The third-order valence-electron chi connectivity index (χ3n) is 4.62. The maximum atomic E-state index is 14.0. The summed E-state index contributed by atoms with van der Waals surface area (Å²) in [7, 11) is 0. The summed E-state index contributed by atoms with van der Waals surface area (Å²) < 4.78 is 14.8. The number of hydrogen-bond donors (Lipinski definition) is 1. The van der Waals surface area contributed by atoms with Gasteiger partial charge in [-0.25, -0.2) is 9.37 Å².